The lowest BCUT2D eigenvalue weighted by Crippen LogP contribution is -2.10. The smallest absolute Gasteiger partial charge is 0.206 e. The van der Waals surface area contributed by atoms with Crippen LogP contribution in [0.5, 0.6) is 11.5 Å². The molecule has 0 unspecified atom stereocenters. The van der Waals surface area contributed by atoms with Crippen molar-refractivity contribution in [1.82, 2.24) is 0 Å². The Hall–Kier alpha value is -2.59. The van der Waals surface area contributed by atoms with E-state index in [9.17, 15) is 8.42 Å². The summed E-state index contributed by atoms with van der Waals surface area (Å²) >= 11 is 0. The fourth-order valence-electron chi connectivity index (χ4n) is 2.70. The van der Waals surface area contributed by atoms with Crippen LogP contribution < -0.4 is 4.74 Å². The molecule has 0 radical (unpaired) electrons. The molecule has 0 spiro atoms. The van der Waals surface area contributed by atoms with Crippen LogP contribution in [-0.4, -0.2) is 8.42 Å². The highest BCUT2D eigenvalue weighted by molar-refractivity contribution is 7.91. The van der Waals surface area contributed by atoms with Crippen LogP contribution in [0, 0.1) is 6.92 Å². The molecule has 0 heterocycles. The summed E-state index contributed by atoms with van der Waals surface area (Å²) in [6.45, 7) is 8.42. The van der Waals surface area contributed by atoms with Crippen LogP contribution in [0.25, 0.3) is 0 Å². The van der Waals surface area contributed by atoms with Crippen LogP contribution in [0.2, 0.25) is 0 Å². The molecule has 140 valence electrons. The van der Waals surface area contributed by atoms with Gasteiger partial charge < -0.3 is 4.74 Å². The maximum absolute atomic E-state index is 12.7. The van der Waals surface area contributed by atoms with Gasteiger partial charge in [-0.25, -0.2) is 8.42 Å². The highest BCUT2D eigenvalue weighted by atomic mass is 32.2. The van der Waals surface area contributed by atoms with Gasteiger partial charge in [0, 0.05) is 0 Å². The summed E-state index contributed by atoms with van der Waals surface area (Å²) in [5.74, 6) is 1.32. The van der Waals surface area contributed by atoms with E-state index in [1.54, 1.807) is 48.5 Å². The number of rotatable bonds is 4. The minimum absolute atomic E-state index is 0.0878. The molecule has 3 rings (SSSR count). The fraction of sp³-hybridized carbons (Fsp3) is 0.217. The van der Waals surface area contributed by atoms with E-state index in [-0.39, 0.29) is 10.3 Å². The number of aryl methyl sites for hydroxylation is 1. The zero-order valence-corrected chi connectivity index (χ0v) is 16.9. The highest BCUT2D eigenvalue weighted by Crippen LogP contribution is 2.28. The first kappa shape index (κ1) is 19.2. The lowest BCUT2D eigenvalue weighted by molar-refractivity contribution is 0.481. The van der Waals surface area contributed by atoms with Gasteiger partial charge in [-0.15, -0.1) is 0 Å². The van der Waals surface area contributed by atoms with Crippen LogP contribution in [0.15, 0.2) is 82.6 Å². The van der Waals surface area contributed by atoms with E-state index >= 15 is 0 Å². The van der Waals surface area contributed by atoms with E-state index < -0.39 is 9.84 Å². The molecule has 0 aromatic heterocycles. The van der Waals surface area contributed by atoms with Crippen molar-refractivity contribution >= 4 is 9.84 Å². The second-order valence-corrected chi connectivity index (χ2v) is 9.61. The first-order chi connectivity index (χ1) is 12.7. The summed E-state index contributed by atoms with van der Waals surface area (Å²) in [5, 5.41) is 0. The third kappa shape index (κ3) is 4.40. The zero-order chi connectivity index (χ0) is 19.7. The number of benzene rings is 3. The van der Waals surface area contributed by atoms with Crippen molar-refractivity contribution in [2.24, 2.45) is 0 Å². The number of ether oxygens (including phenoxy) is 1. The van der Waals surface area contributed by atoms with E-state index in [1.165, 1.54) is 5.56 Å². The molecule has 0 aliphatic rings. The first-order valence-electron chi connectivity index (χ1n) is 8.86. The van der Waals surface area contributed by atoms with Crippen LogP contribution in [0.1, 0.15) is 31.9 Å². The maximum atomic E-state index is 12.7. The van der Waals surface area contributed by atoms with E-state index in [0.29, 0.717) is 10.6 Å². The third-order valence-electron chi connectivity index (χ3n) is 4.42. The molecule has 3 aromatic rings. The standard InChI is InChI=1S/C23H24O3S/c1-17-5-13-21(14-6-17)27(24,25)22-15-11-20(12-16-22)26-19-9-7-18(8-10-19)23(2,3)4/h5-16H,1-4H3. The average molecular weight is 381 g/mol. The van der Waals surface area contributed by atoms with Gasteiger partial charge in [-0.2, -0.15) is 0 Å². The minimum Gasteiger partial charge on any atom is -0.457 e. The van der Waals surface area contributed by atoms with Crippen molar-refractivity contribution in [2.45, 2.75) is 42.9 Å². The van der Waals surface area contributed by atoms with Crippen molar-refractivity contribution in [2.75, 3.05) is 0 Å². The molecule has 0 bridgehead atoms. The van der Waals surface area contributed by atoms with Crippen molar-refractivity contribution in [3.63, 3.8) is 0 Å². The summed E-state index contributed by atoms with van der Waals surface area (Å²) in [5.41, 5.74) is 2.34. The SMILES string of the molecule is Cc1ccc(S(=O)(=O)c2ccc(Oc3ccc(C(C)(C)C)cc3)cc2)cc1. The Labute approximate surface area is 161 Å². The Morgan fingerprint density at radius 2 is 1.07 bits per heavy atom. The minimum atomic E-state index is -3.52. The average Bonchev–Trinajstić information content (AvgIpc) is 2.62. The van der Waals surface area contributed by atoms with Crippen LogP contribution in [0.3, 0.4) is 0 Å². The Balaban J connectivity index is 1.78. The maximum Gasteiger partial charge on any atom is 0.206 e. The second kappa shape index (κ2) is 7.20. The molecule has 0 N–H and O–H groups in total. The van der Waals surface area contributed by atoms with Gasteiger partial charge in [0.05, 0.1) is 9.79 Å². The third-order valence-corrected chi connectivity index (χ3v) is 6.21. The van der Waals surface area contributed by atoms with Gasteiger partial charge in [0.1, 0.15) is 11.5 Å². The van der Waals surface area contributed by atoms with Crippen LogP contribution in [-0.2, 0) is 15.3 Å². The lowest BCUT2D eigenvalue weighted by Gasteiger charge is -2.19. The number of hydrogen-bond acceptors (Lipinski definition) is 3. The van der Waals surface area contributed by atoms with Gasteiger partial charge in [-0.3, -0.25) is 0 Å². The molecule has 3 aromatic carbocycles. The monoisotopic (exact) mass is 380 g/mol. The van der Waals surface area contributed by atoms with E-state index in [1.807, 2.05) is 31.2 Å². The normalized spacial score (nSPS) is 12.0. The quantitative estimate of drug-likeness (QED) is 0.564. The number of sulfone groups is 1. The van der Waals surface area contributed by atoms with Crippen molar-refractivity contribution in [3.05, 3.63) is 83.9 Å². The largest absolute Gasteiger partial charge is 0.457 e. The van der Waals surface area contributed by atoms with Gasteiger partial charge >= 0.3 is 0 Å². The highest BCUT2D eigenvalue weighted by Gasteiger charge is 2.17. The van der Waals surface area contributed by atoms with E-state index in [4.69, 9.17) is 4.74 Å². The topological polar surface area (TPSA) is 43.4 Å². The molecule has 0 aliphatic heterocycles. The molecule has 0 atom stereocenters. The van der Waals surface area contributed by atoms with Crippen molar-refractivity contribution in [1.29, 1.82) is 0 Å². The predicted molar refractivity (Wildman–Crippen MR) is 108 cm³/mol. The predicted octanol–water partition coefficient (Wildman–Crippen LogP) is 5.92. The molecule has 3 nitrogen and oxygen atoms in total. The van der Waals surface area contributed by atoms with Crippen molar-refractivity contribution < 1.29 is 13.2 Å². The van der Waals surface area contributed by atoms with Crippen LogP contribution in [0.4, 0.5) is 0 Å². The summed E-state index contributed by atoms with van der Waals surface area (Å²) < 4.78 is 31.3. The van der Waals surface area contributed by atoms with Crippen LogP contribution >= 0.6 is 0 Å². The molecule has 0 aliphatic carbocycles. The molecule has 27 heavy (non-hydrogen) atoms. The van der Waals surface area contributed by atoms with E-state index in [2.05, 4.69) is 20.8 Å². The molecule has 0 saturated carbocycles. The number of hydrogen-bond donors (Lipinski definition) is 0. The first-order valence-corrected chi connectivity index (χ1v) is 10.3. The Morgan fingerprint density at radius 3 is 1.52 bits per heavy atom. The fourth-order valence-corrected chi connectivity index (χ4v) is 3.96. The van der Waals surface area contributed by atoms with Gasteiger partial charge in [0.2, 0.25) is 9.84 Å². The molecular formula is C23H24O3S. The molecule has 0 fully saturated rings. The lowest BCUT2D eigenvalue weighted by atomic mass is 9.87. The molecular weight excluding hydrogens is 356 g/mol. The zero-order valence-electron chi connectivity index (χ0n) is 16.1. The van der Waals surface area contributed by atoms with Gasteiger partial charge in [0.15, 0.2) is 0 Å². The molecule has 0 saturated heterocycles. The second-order valence-electron chi connectivity index (χ2n) is 7.66. The summed E-state index contributed by atoms with van der Waals surface area (Å²) in [4.78, 5) is 0.543. The Bertz CT molecular complexity index is 1010. The Kier molecular flexibility index (Phi) is 5.11. The summed E-state index contributed by atoms with van der Waals surface area (Å²) in [6.07, 6.45) is 0. The summed E-state index contributed by atoms with van der Waals surface area (Å²) in [7, 11) is -3.52. The van der Waals surface area contributed by atoms with Gasteiger partial charge in [-0.1, -0.05) is 50.6 Å². The molecule has 4 heteroatoms. The Morgan fingerprint density at radius 1 is 0.667 bits per heavy atom. The van der Waals surface area contributed by atoms with E-state index in [0.717, 1.165) is 11.3 Å². The summed E-state index contributed by atoms with van der Waals surface area (Å²) in [6, 6.07) is 21.3. The van der Waals surface area contributed by atoms with Gasteiger partial charge in [-0.05, 0) is 66.4 Å². The van der Waals surface area contributed by atoms with Crippen molar-refractivity contribution in [3.8, 4) is 11.5 Å². The van der Waals surface area contributed by atoms with Gasteiger partial charge in [0.25, 0.3) is 0 Å². The molecule has 0 amide bonds.